The number of ether oxygens (including phenoxy) is 1. The Balaban J connectivity index is 2.54. The Labute approximate surface area is 105 Å². The topological polar surface area (TPSA) is 38.7 Å². The highest BCUT2D eigenvalue weighted by atomic mass is 35.5. The van der Waals surface area contributed by atoms with E-state index in [0.29, 0.717) is 10.8 Å². The molecule has 0 spiro atoms. The van der Waals surface area contributed by atoms with Crippen LogP contribution in [0, 0.1) is 0 Å². The summed E-state index contributed by atoms with van der Waals surface area (Å²) in [5.74, 6) is 0.622. The summed E-state index contributed by atoms with van der Waals surface area (Å²) < 4.78 is 5.20. The van der Waals surface area contributed by atoms with Crippen molar-refractivity contribution in [3.05, 3.63) is 28.8 Å². The Bertz CT molecular complexity index is 460. The van der Waals surface area contributed by atoms with Crippen LogP contribution in [0.25, 0.3) is 0 Å². The van der Waals surface area contributed by atoms with Gasteiger partial charge < -0.3 is 4.74 Å². The van der Waals surface area contributed by atoms with E-state index in [-0.39, 0.29) is 0 Å². The van der Waals surface area contributed by atoms with Crippen LogP contribution in [-0.2, 0) is 10.3 Å². The van der Waals surface area contributed by atoms with Gasteiger partial charge in [0, 0.05) is 5.56 Å². The lowest BCUT2D eigenvalue weighted by atomic mass is 9.89. The quantitative estimate of drug-likeness (QED) is 0.610. The average Bonchev–Trinajstić information content (AvgIpc) is 2.79. The Kier molecular flexibility index (Phi) is 3.51. The van der Waals surface area contributed by atoms with Crippen molar-refractivity contribution in [3.8, 4) is 5.75 Å². The van der Waals surface area contributed by atoms with E-state index in [4.69, 9.17) is 16.3 Å². The van der Waals surface area contributed by atoms with Crippen molar-refractivity contribution < 1.29 is 9.53 Å². The van der Waals surface area contributed by atoms with Gasteiger partial charge in [0.2, 0.25) is 6.08 Å². The molecule has 0 aromatic heterocycles. The summed E-state index contributed by atoms with van der Waals surface area (Å²) in [7, 11) is 1.58. The van der Waals surface area contributed by atoms with Gasteiger partial charge in [0.15, 0.2) is 0 Å². The number of carbonyl (C=O) groups excluding carboxylic acids is 1. The normalized spacial score (nSPS) is 17.5. The maximum absolute atomic E-state index is 10.6. The number of hydrogen-bond acceptors (Lipinski definition) is 3. The first-order valence-corrected chi connectivity index (χ1v) is 6.03. The lowest BCUT2D eigenvalue weighted by Crippen LogP contribution is -2.19. The summed E-state index contributed by atoms with van der Waals surface area (Å²) in [4.78, 5) is 14.7. The largest absolute Gasteiger partial charge is 0.495 e. The first-order chi connectivity index (χ1) is 8.23. The average molecular weight is 252 g/mol. The molecule has 2 rings (SSSR count). The molecule has 1 fully saturated rings. The summed E-state index contributed by atoms with van der Waals surface area (Å²) in [5.41, 5.74) is 0.382. The van der Waals surface area contributed by atoms with Crippen molar-refractivity contribution in [2.75, 3.05) is 7.11 Å². The number of aliphatic imine (C=N–C) groups is 1. The fourth-order valence-electron chi connectivity index (χ4n) is 2.52. The maximum Gasteiger partial charge on any atom is 0.235 e. The highest BCUT2D eigenvalue weighted by Gasteiger charge is 2.37. The fourth-order valence-corrected chi connectivity index (χ4v) is 2.90. The molecule has 17 heavy (non-hydrogen) atoms. The Morgan fingerprint density at radius 3 is 2.71 bits per heavy atom. The van der Waals surface area contributed by atoms with Gasteiger partial charge in [-0.2, -0.15) is 4.99 Å². The molecule has 0 unspecified atom stereocenters. The van der Waals surface area contributed by atoms with E-state index >= 15 is 0 Å². The maximum atomic E-state index is 10.6. The van der Waals surface area contributed by atoms with Gasteiger partial charge >= 0.3 is 0 Å². The molecule has 0 atom stereocenters. The van der Waals surface area contributed by atoms with Crippen molar-refractivity contribution in [3.63, 3.8) is 0 Å². The number of halogens is 1. The van der Waals surface area contributed by atoms with Gasteiger partial charge in [0.25, 0.3) is 0 Å². The predicted octanol–water partition coefficient (Wildman–Crippen LogP) is 3.45. The highest BCUT2D eigenvalue weighted by Crippen LogP contribution is 2.46. The predicted molar refractivity (Wildman–Crippen MR) is 66.3 cm³/mol. The summed E-state index contributed by atoms with van der Waals surface area (Å²) >= 11 is 6.30. The molecule has 90 valence electrons. The number of methoxy groups -OCH3 is 1. The zero-order chi connectivity index (χ0) is 12.3. The van der Waals surface area contributed by atoms with E-state index in [1.807, 2.05) is 12.1 Å². The summed E-state index contributed by atoms with van der Waals surface area (Å²) in [5, 5.41) is 0.552. The molecule has 1 aliphatic carbocycles. The van der Waals surface area contributed by atoms with Crippen molar-refractivity contribution >= 4 is 17.7 Å². The van der Waals surface area contributed by atoms with Crippen molar-refractivity contribution in [2.24, 2.45) is 4.99 Å². The zero-order valence-corrected chi connectivity index (χ0v) is 10.5. The standard InChI is InChI=1S/C13H14ClNO2/c1-17-11-6-4-5-10(12(11)14)13(15-9-16)7-2-3-8-13/h4-6H,2-3,7-8H2,1H3. The molecular formula is C13H14ClNO2. The highest BCUT2D eigenvalue weighted by molar-refractivity contribution is 6.33. The number of isocyanates is 1. The van der Waals surface area contributed by atoms with Crippen LogP contribution >= 0.6 is 11.6 Å². The second-order valence-corrected chi connectivity index (χ2v) is 4.64. The van der Waals surface area contributed by atoms with E-state index in [1.54, 1.807) is 19.3 Å². The third-order valence-corrected chi connectivity index (χ3v) is 3.76. The number of nitrogens with zero attached hydrogens (tertiary/aromatic N) is 1. The Hall–Kier alpha value is -1.31. The van der Waals surface area contributed by atoms with Crippen LogP contribution in [-0.4, -0.2) is 13.2 Å². The van der Waals surface area contributed by atoms with Crippen LogP contribution in [0.1, 0.15) is 31.2 Å². The molecule has 4 heteroatoms. The van der Waals surface area contributed by atoms with Crippen LogP contribution in [0.15, 0.2) is 23.2 Å². The minimum absolute atomic E-state index is 0.493. The van der Waals surface area contributed by atoms with Crippen LogP contribution < -0.4 is 4.74 Å². The van der Waals surface area contributed by atoms with Gasteiger partial charge in [-0.3, -0.25) is 0 Å². The second-order valence-electron chi connectivity index (χ2n) is 4.26. The SMILES string of the molecule is COc1cccc(C2(N=C=O)CCCC2)c1Cl. The minimum Gasteiger partial charge on any atom is -0.495 e. The molecule has 0 amide bonds. The monoisotopic (exact) mass is 251 g/mol. The van der Waals surface area contributed by atoms with Crippen molar-refractivity contribution in [2.45, 2.75) is 31.2 Å². The summed E-state index contributed by atoms with van der Waals surface area (Å²) in [6.45, 7) is 0. The number of benzene rings is 1. The number of rotatable bonds is 3. The molecule has 0 N–H and O–H groups in total. The lowest BCUT2D eigenvalue weighted by molar-refractivity contribution is 0.408. The van der Waals surface area contributed by atoms with E-state index in [9.17, 15) is 4.79 Å². The van der Waals surface area contributed by atoms with E-state index in [0.717, 1.165) is 31.2 Å². The first-order valence-electron chi connectivity index (χ1n) is 5.65. The molecule has 1 aliphatic rings. The Morgan fingerprint density at radius 1 is 1.41 bits per heavy atom. The van der Waals surface area contributed by atoms with Gasteiger partial charge in [-0.25, -0.2) is 4.79 Å². The molecule has 3 nitrogen and oxygen atoms in total. The lowest BCUT2D eigenvalue weighted by Gasteiger charge is -2.24. The molecule has 0 aliphatic heterocycles. The van der Waals surface area contributed by atoms with Crippen molar-refractivity contribution in [1.82, 2.24) is 0 Å². The van der Waals surface area contributed by atoms with E-state index < -0.39 is 5.54 Å². The molecule has 0 heterocycles. The van der Waals surface area contributed by atoms with Crippen LogP contribution in [0.2, 0.25) is 5.02 Å². The van der Waals surface area contributed by atoms with Crippen LogP contribution in [0.5, 0.6) is 5.75 Å². The second kappa shape index (κ2) is 4.91. The minimum atomic E-state index is -0.493. The van der Waals surface area contributed by atoms with Gasteiger partial charge in [-0.1, -0.05) is 36.6 Å². The Morgan fingerprint density at radius 2 is 2.12 bits per heavy atom. The first kappa shape index (κ1) is 12.2. The van der Waals surface area contributed by atoms with Crippen molar-refractivity contribution in [1.29, 1.82) is 0 Å². The number of hydrogen-bond donors (Lipinski definition) is 0. The van der Waals surface area contributed by atoms with Gasteiger partial charge in [0.1, 0.15) is 5.75 Å². The van der Waals surface area contributed by atoms with Gasteiger partial charge in [-0.05, 0) is 18.9 Å². The molecule has 0 bridgehead atoms. The van der Waals surface area contributed by atoms with Crippen LogP contribution in [0.4, 0.5) is 0 Å². The van der Waals surface area contributed by atoms with Crippen LogP contribution in [0.3, 0.4) is 0 Å². The van der Waals surface area contributed by atoms with E-state index in [1.165, 1.54) is 0 Å². The third-order valence-electron chi connectivity index (χ3n) is 3.37. The molecule has 1 saturated carbocycles. The third kappa shape index (κ3) is 2.08. The van der Waals surface area contributed by atoms with Gasteiger partial charge in [-0.15, -0.1) is 0 Å². The molecule has 1 aromatic carbocycles. The summed E-state index contributed by atoms with van der Waals surface area (Å²) in [6, 6.07) is 5.59. The molecule has 1 aromatic rings. The smallest absolute Gasteiger partial charge is 0.235 e. The molecule has 0 saturated heterocycles. The zero-order valence-electron chi connectivity index (χ0n) is 9.70. The summed E-state index contributed by atoms with van der Waals surface area (Å²) in [6.07, 6.45) is 5.48. The molecule has 0 radical (unpaired) electrons. The molecular weight excluding hydrogens is 238 g/mol. The van der Waals surface area contributed by atoms with Gasteiger partial charge in [0.05, 0.1) is 17.7 Å². The fraction of sp³-hybridized carbons (Fsp3) is 0.462. The van der Waals surface area contributed by atoms with E-state index in [2.05, 4.69) is 4.99 Å².